The number of hydrogen-bond donors (Lipinski definition) is 7. The molecule has 21 nitrogen and oxygen atoms in total. The molecule has 2 aromatic rings. The molecule has 109 heavy (non-hydrogen) atoms. The first-order valence-electron chi connectivity index (χ1n) is 39.0. The van der Waals surface area contributed by atoms with Crippen molar-refractivity contribution in [3.8, 4) is 11.1 Å². The minimum Gasteiger partial charge on any atom is -1.00 e. The number of aliphatic hydroxyl groups excluding tert-OH is 2. The summed E-state index contributed by atoms with van der Waals surface area (Å²) in [7, 11) is 4.58. The summed E-state index contributed by atoms with van der Waals surface area (Å²) in [6, 6.07) is 4.09. The van der Waals surface area contributed by atoms with Gasteiger partial charge in [0.2, 0.25) is 5.79 Å². The summed E-state index contributed by atoms with van der Waals surface area (Å²) in [4.78, 5) is 102. The number of rotatable bonds is 11. The smallest absolute Gasteiger partial charge is 1.00 e. The molecule has 10 rings (SSSR count). The highest BCUT2D eigenvalue weighted by Crippen LogP contribution is 2.64. The molecular weight excluding hydrogens is 1450 g/mol. The maximum absolute atomic E-state index is 14.5. The standard InChI is InChI=1S/C53H83NO14.C20H24O2.C12H12Cl2N4.ClH/c1-32-16-12-11-13-17-33(2)44(63-8)30-40-21-19-38(7)53(62,68-40)50(59)51(60)54-23-15-14-18-41(54)52(61)67-45(35(4)28-39-20-22-43(66-25-24-55)46(29-39)64-9)31-42(56)34(3)27-37(6)48(58)49(65-10)47(57)36(5)26-32;1-12-10-14-15-4-5-18(22)20(15,3)9-7-16(14)19(2)8-6-13(21)11-17(12)19;1-2-9-10(11(15)18-12(16)17-9)6-3-4-7(13)8(14)5-6;/h11-13,16-17,27,32,34-36,38-41,43-46,48-49,55,58,62H,14-15,18-26,28-31H2,1-10H3;6,8,11,14-16H,1,4-5,7,9-10H2,2-3H3;3-5H,2H2,1H3,(H4,15,16,17,18);1H/b13-11-,16-12-,33-17-,37-27-;;;/t32-,34-,35-,36-,38-,39+,40+,41+,43-,44+,45+,46-,48-,49+,53-;14-,15-,16-,19+,20-;;/m10../s1. The van der Waals surface area contributed by atoms with Gasteiger partial charge in [-0.05, 0) is 192 Å². The molecule has 24 heteroatoms. The molecule has 1 aromatic heterocycles. The molecule has 4 heterocycles. The lowest BCUT2D eigenvalue weighted by molar-refractivity contribution is -0.265. The number of aromatic amines is 2. The molecule has 20 atom stereocenters. The number of allylic oxidation sites excluding steroid dienone is 11. The molecule has 0 radical (unpaired) electrons. The molecule has 1 aromatic carbocycles. The van der Waals surface area contributed by atoms with E-state index in [9.17, 15) is 48.9 Å². The van der Waals surface area contributed by atoms with Crippen LogP contribution in [0.3, 0.4) is 0 Å². The molecule has 3 aliphatic heterocycles. The van der Waals surface area contributed by atoms with Crippen LogP contribution < -0.4 is 23.5 Å². The summed E-state index contributed by atoms with van der Waals surface area (Å²) in [5.41, 5.74) is 6.00. The average Bonchev–Trinajstić information content (AvgIpc) is 1.33. The van der Waals surface area contributed by atoms with Crippen LogP contribution in [0.4, 0.5) is 0 Å². The highest BCUT2D eigenvalue weighted by atomic mass is 35.5. The fraction of sp³-hybridized carbons (Fsp3) is 0.635. The van der Waals surface area contributed by atoms with Gasteiger partial charge in [0.25, 0.3) is 11.7 Å². The number of aliphatic hydroxyl groups is 3. The summed E-state index contributed by atoms with van der Waals surface area (Å²) in [5, 5.41) is 49.2. The highest BCUT2D eigenvalue weighted by Gasteiger charge is 2.59. The third-order valence-electron chi connectivity index (χ3n) is 24.8. The van der Waals surface area contributed by atoms with Crippen LogP contribution >= 0.6 is 23.2 Å². The number of nitrogens with one attached hydrogen (secondary N) is 4. The summed E-state index contributed by atoms with van der Waals surface area (Å²) < 4.78 is 35.6. The van der Waals surface area contributed by atoms with E-state index in [4.69, 9.17) is 62.4 Å². The van der Waals surface area contributed by atoms with Crippen LogP contribution in [0.25, 0.3) is 11.1 Å². The number of methoxy groups -OCH3 is 3. The SMILES string of the molecule is C=C1C[C@@H]2[C@H](CC[C@]3(C)C(=O)CC[C@@H]23)[C@@]2(C)C=CC(=O)C=C12.CCc1[nH]c(=N)[nH]c(=N)c1-c1ccc(Cl)c(Cl)c1.CO[C@H]1C[C@@H]2CC[C@@H](C)[C@@](O)(O2)C(=O)C(=O)N2CCCC[C@H]2C(=O)O[C@H]([C@H](C)C[C@@H]2CC[C@@H](OCCO)[C@H](OC)C2)CC(=O)[C@H](C)/C=C(/C)[C@@H](O)[C@@H](OC)C(=O)[C@H](C)C[C@H](C)\C=C/C=C\C=C/1C.[Cl-].[H+]. The van der Waals surface area contributed by atoms with Gasteiger partial charge in [0, 0.05) is 87.0 Å². The molecule has 1 amide bonds. The predicted octanol–water partition coefficient (Wildman–Crippen LogP) is 10.2. The second-order valence-electron chi connectivity index (χ2n) is 32.2. The van der Waals surface area contributed by atoms with Crippen molar-refractivity contribution in [2.75, 3.05) is 41.1 Å². The first-order chi connectivity index (χ1) is 51.2. The van der Waals surface area contributed by atoms with E-state index < -0.39 is 77.8 Å². The summed E-state index contributed by atoms with van der Waals surface area (Å²) >= 11 is 11.9. The number of ether oxygens (including phenoxy) is 6. The maximum Gasteiger partial charge on any atom is 1.00 e. The molecule has 6 fully saturated rings. The number of Topliss-reactive ketones (excluding diaryl/α,β-unsaturated/α-hetero) is 4. The van der Waals surface area contributed by atoms with Gasteiger partial charge in [-0.15, -0.1) is 0 Å². The third kappa shape index (κ3) is 21.4. The number of fused-ring (bicyclic) bond motifs is 8. The quantitative estimate of drug-likeness (QED) is 0.0625. The normalized spacial score (nSPS) is 35.7. The molecule has 602 valence electrons. The van der Waals surface area contributed by atoms with Crippen molar-refractivity contribution in [2.24, 2.45) is 64.1 Å². The molecule has 7 N–H and O–H groups in total. The van der Waals surface area contributed by atoms with Crippen molar-refractivity contribution in [3.63, 3.8) is 0 Å². The summed E-state index contributed by atoms with van der Waals surface area (Å²) in [5.74, 6) is -5.82. The van der Waals surface area contributed by atoms with Gasteiger partial charge < -0.3 is 71.0 Å². The Balaban J connectivity index is 0.000000358. The van der Waals surface area contributed by atoms with Crippen molar-refractivity contribution < 1.29 is 91.1 Å². The molecule has 2 bridgehead atoms. The number of H-pyrrole nitrogens is 2. The largest absolute Gasteiger partial charge is 1.00 e. The number of carbonyl (C=O) groups is 7. The van der Waals surface area contributed by atoms with Crippen LogP contribution in [0.5, 0.6) is 0 Å². The fourth-order valence-electron chi connectivity index (χ4n) is 18.3. The Morgan fingerprint density at radius 3 is 2.26 bits per heavy atom. The van der Waals surface area contributed by atoms with Crippen LogP contribution in [0.2, 0.25) is 10.0 Å². The minimum absolute atomic E-state index is 0. The molecule has 0 unspecified atom stereocenters. The zero-order valence-electron chi connectivity index (χ0n) is 67.0. The van der Waals surface area contributed by atoms with E-state index in [1.807, 2.05) is 71.1 Å². The van der Waals surface area contributed by atoms with E-state index in [1.54, 1.807) is 65.4 Å². The van der Waals surface area contributed by atoms with Gasteiger partial charge in [-0.3, -0.25) is 39.6 Å². The second-order valence-corrected chi connectivity index (χ2v) is 33.0. The summed E-state index contributed by atoms with van der Waals surface area (Å²) in [6.07, 6.45) is 23.2. The number of hydrogen-bond acceptors (Lipinski definition) is 18. The maximum atomic E-state index is 14.5. The van der Waals surface area contributed by atoms with Crippen LogP contribution in [0, 0.1) is 74.9 Å². The number of benzene rings is 1. The zero-order valence-corrected chi connectivity index (χ0v) is 68.3. The number of amides is 1. The number of carbonyl (C=O) groups excluding carboxylic acids is 7. The van der Waals surface area contributed by atoms with E-state index in [2.05, 4.69) is 36.5 Å². The minimum atomic E-state index is -2.43. The predicted molar refractivity (Wildman–Crippen MR) is 415 cm³/mol. The van der Waals surface area contributed by atoms with Crippen molar-refractivity contribution in [3.05, 3.63) is 129 Å². The monoisotopic (exact) mass is 1570 g/mol. The molecule has 8 aliphatic rings. The lowest BCUT2D eigenvalue weighted by Gasteiger charge is -2.56. The Bertz CT molecular complexity index is 3920. The number of cyclic esters (lactones) is 1. The molecule has 2 saturated heterocycles. The molecule has 0 spiro atoms. The molecule has 5 aliphatic carbocycles. The van der Waals surface area contributed by atoms with Crippen LogP contribution in [0.1, 0.15) is 186 Å². The van der Waals surface area contributed by atoms with E-state index in [0.29, 0.717) is 109 Å². The van der Waals surface area contributed by atoms with Gasteiger partial charge in [0.05, 0.1) is 47.7 Å². The van der Waals surface area contributed by atoms with Crippen molar-refractivity contribution >= 4 is 64.0 Å². The number of halogens is 3. The van der Waals surface area contributed by atoms with Crippen molar-refractivity contribution in [2.45, 2.75) is 239 Å². The second kappa shape index (κ2) is 40.1. The average molecular weight is 1570 g/mol. The van der Waals surface area contributed by atoms with E-state index >= 15 is 0 Å². The van der Waals surface area contributed by atoms with Gasteiger partial charge in [-0.25, -0.2) is 4.79 Å². The van der Waals surface area contributed by atoms with Gasteiger partial charge in [0.1, 0.15) is 41.4 Å². The summed E-state index contributed by atoms with van der Waals surface area (Å²) in [6.45, 7) is 23.6. The fourth-order valence-corrected chi connectivity index (χ4v) is 18.6. The van der Waals surface area contributed by atoms with Gasteiger partial charge in [-0.1, -0.05) is 139 Å². The number of piperidine rings is 1. The number of ketones is 5. The van der Waals surface area contributed by atoms with Gasteiger partial charge >= 0.3 is 7.40 Å². The Morgan fingerprint density at radius 2 is 1.58 bits per heavy atom. The van der Waals surface area contributed by atoms with Crippen LogP contribution in [0.15, 0.2) is 102 Å². The van der Waals surface area contributed by atoms with Gasteiger partial charge in [0.15, 0.2) is 17.2 Å². The highest BCUT2D eigenvalue weighted by molar-refractivity contribution is 6.42. The van der Waals surface area contributed by atoms with E-state index in [1.165, 1.54) is 12.0 Å². The van der Waals surface area contributed by atoms with Crippen molar-refractivity contribution in [1.29, 1.82) is 10.8 Å². The topological polar surface area (TPSA) is 318 Å². The number of aryl methyl sites for hydroxylation is 1. The number of nitrogens with zero attached hydrogens (tertiary/aromatic N) is 1. The van der Waals surface area contributed by atoms with Crippen molar-refractivity contribution in [1.82, 2.24) is 14.9 Å². The van der Waals surface area contributed by atoms with Crippen LogP contribution in [-0.4, -0.2) is 167 Å². The van der Waals surface area contributed by atoms with Gasteiger partial charge in [-0.2, -0.15) is 0 Å². The molecule has 4 saturated carbocycles. The first kappa shape index (κ1) is 90.1. The lowest BCUT2D eigenvalue weighted by atomic mass is 9.48. The Hall–Kier alpha value is -6.08. The van der Waals surface area contributed by atoms with Crippen LogP contribution in [-0.2, 0) is 68.4 Å². The zero-order chi connectivity index (χ0) is 79.3. The first-order valence-corrected chi connectivity index (χ1v) is 39.7. The number of aromatic nitrogens is 2. The Labute approximate surface area is 661 Å². The Morgan fingerprint density at radius 1 is 0.844 bits per heavy atom. The molecular formula is C85H120Cl3N5O16. The van der Waals surface area contributed by atoms with E-state index in [0.717, 1.165) is 66.5 Å². The Kier molecular flexibility index (Phi) is 33.1. The van der Waals surface area contributed by atoms with E-state index in [-0.39, 0.29) is 116 Å². The number of esters is 1. The third-order valence-corrected chi connectivity index (χ3v) is 25.5. The lowest BCUT2D eigenvalue weighted by Crippen LogP contribution is -3.00.